The Hall–Kier alpha value is -1.52. The van der Waals surface area contributed by atoms with Crippen molar-refractivity contribution in [3.05, 3.63) is 12.7 Å². The minimum Gasteiger partial charge on any atom is -0.465 e. The van der Waals surface area contributed by atoms with Gasteiger partial charge in [-0.1, -0.05) is 25.3 Å². The van der Waals surface area contributed by atoms with Crippen LogP contribution in [-0.4, -0.2) is 42.6 Å². The first kappa shape index (κ1) is 15.5. The van der Waals surface area contributed by atoms with E-state index in [0.29, 0.717) is 13.2 Å². The molecule has 1 saturated carbocycles. The van der Waals surface area contributed by atoms with E-state index >= 15 is 0 Å². The Kier molecular flexibility index (Phi) is 7.00. The van der Waals surface area contributed by atoms with Gasteiger partial charge in [-0.2, -0.15) is 0 Å². The fourth-order valence-corrected chi connectivity index (χ4v) is 2.39. The van der Waals surface area contributed by atoms with Crippen molar-refractivity contribution in [3.8, 4) is 0 Å². The molecular weight excluding hydrogens is 244 g/mol. The lowest BCUT2D eigenvalue weighted by Crippen LogP contribution is -2.48. The first-order valence-corrected chi connectivity index (χ1v) is 7.00. The number of carbonyl (C=O) groups is 2. The number of rotatable bonds is 6. The molecule has 1 N–H and O–H groups in total. The maximum atomic E-state index is 12.1. The largest absolute Gasteiger partial charge is 0.465 e. The van der Waals surface area contributed by atoms with E-state index in [1.807, 2.05) is 0 Å². The molecular formula is C14H24N2O3. The fraction of sp³-hybridized carbons (Fsp3) is 0.714. The van der Waals surface area contributed by atoms with E-state index in [1.165, 1.54) is 6.42 Å². The van der Waals surface area contributed by atoms with Crippen LogP contribution < -0.4 is 5.32 Å². The molecule has 0 unspecified atom stereocenters. The van der Waals surface area contributed by atoms with E-state index in [2.05, 4.69) is 11.9 Å². The van der Waals surface area contributed by atoms with Gasteiger partial charge in [-0.3, -0.25) is 4.79 Å². The predicted octanol–water partition coefficient (Wildman–Crippen LogP) is 2.08. The van der Waals surface area contributed by atoms with Crippen LogP contribution in [0.15, 0.2) is 12.7 Å². The lowest BCUT2D eigenvalue weighted by Gasteiger charge is -2.33. The fourth-order valence-electron chi connectivity index (χ4n) is 2.39. The van der Waals surface area contributed by atoms with Crippen LogP contribution in [0, 0.1) is 0 Å². The monoisotopic (exact) mass is 268 g/mol. The number of carbonyl (C=O) groups excluding carboxylic acids is 2. The number of hydrogen-bond donors (Lipinski definition) is 1. The summed E-state index contributed by atoms with van der Waals surface area (Å²) >= 11 is 0. The van der Waals surface area contributed by atoms with Crippen molar-refractivity contribution in [1.82, 2.24) is 10.2 Å². The van der Waals surface area contributed by atoms with Crippen molar-refractivity contribution in [2.24, 2.45) is 0 Å². The predicted molar refractivity (Wildman–Crippen MR) is 73.8 cm³/mol. The van der Waals surface area contributed by atoms with Gasteiger partial charge in [0, 0.05) is 12.6 Å². The summed E-state index contributed by atoms with van der Waals surface area (Å²) < 4.78 is 4.79. The minimum atomic E-state index is -0.405. The second kappa shape index (κ2) is 8.56. The van der Waals surface area contributed by atoms with Gasteiger partial charge in [-0.05, 0) is 19.8 Å². The van der Waals surface area contributed by atoms with Crippen LogP contribution in [-0.2, 0) is 9.53 Å². The number of ether oxygens (including phenoxy) is 1. The summed E-state index contributed by atoms with van der Waals surface area (Å²) in [6, 6.07) is 0.0498. The molecule has 1 rings (SSSR count). The molecule has 0 spiro atoms. The van der Waals surface area contributed by atoms with E-state index in [4.69, 9.17) is 4.74 Å². The first-order chi connectivity index (χ1) is 9.19. The second-order valence-electron chi connectivity index (χ2n) is 4.70. The van der Waals surface area contributed by atoms with Crippen LogP contribution in [0.1, 0.15) is 39.0 Å². The number of amides is 2. The van der Waals surface area contributed by atoms with Gasteiger partial charge in [0.15, 0.2) is 0 Å². The highest BCUT2D eigenvalue weighted by molar-refractivity contribution is 5.81. The molecule has 0 saturated heterocycles. The van der Waals surface area contributed by atoms with Gasteiger partial charge in [0.1, 0.15) is 6.54 Å². The summed E-state index contributed by atoms with van der Waals surface area (Å²) in [6.07, 6.45) is 7.33. The van der Waals surface area contributed by atoms with Gasteiger partial charge >= 0.3 is 12.0 Å². The average molecular weight is 268 g/mol. The summed E-state index contributed by atoms with van der Waals surface area (Å²) in [5.74, 6) is -0.405. The van der Waals surface area contributed by atoms with Crippen LogP contribution in [0.2, 0.25) is 0 Å². The van der Waals surface area contributed by atoms with Crippen LogP contribution in [0.4, 0.5) is 4.79 Å². The number of urea groups is 1. The van der Waals surface area contributed by atoms with Gasteiger partial charge in [-0.25, -0.2) is 4.79 Å². The van der Waals surface area contributed by atoms with Crippen molar-refractivity contribution >= 4 is 12.0 Å². The van der Waals surface area contributed by atoms with Crippen molar-refractivity contribution in [3.63, 3.8) is 0 Å². The normalized spacial score (nSPS) is 15.6. The Labute approximate surface area is 115 Å². The SMILES string of the molecule is C=CCN(C(=O)NCC(=O)OCC)C1CCCCC1. The van der Waals surface area contributed by atoms with Gasteiger partial charge in [0.2, 0.25) is 0 Å². The molecule has 0 heterocycles. The number of esters is 1. The standard InChI is InChI=1S/C14H24N2O3/c1-3-10-16(12-8-6-5-7-9-12)14(18)15-11-13(17)19-4-2/h3,12H,1,4-11H2,2H3,(H,15,18). The third-order valence-corrected chi connectivity index (χ3v) is 3.29. The van der Waals surface area contributed by atoms with Gasteiger partial charge in [0.25, 0.3) is 0 Å². The molecule has 2 amide bonds. The lowest BCUT2D eigenvalue weighted by molar-refractivity contribution is -0.141. The molecule has 5 heteroatoms. The highest BCUT2D eigenvalue weighted by atomic mass is 16.5. The van der Waals surface area contributed by atoms with Gasteiger partial charge in [-0.15, -0.1) is 6.58 Å². The van der Waals surface area contributed by atoms with Crippen molar-refractivity contribution < 1.29 is 14.3 Å². The minimum absolute atomic E-state index is 0.0764. The average Bonchev–Trinajstić information content (AvgIpc) is 2.43. The Bertz CT molecular complexity index is 312. The molecule has 0 aromatic rings. The molecule has 1 fully saturated rings. The molecule has 0 aromatic carbocycles. The van der Waals surface area contributed by atoms with E-state index < -0.39 is 5.97 Å². The summed E-state index contributed by atoms with van der Waals surface area (Å²) in [4.78, 5) is 25.1. The first-order valence-electron chi connectivity index (χ1n) is 7.00. The smallest absolute Gasteiger partial charge is 0.325 e. The zero-order valence-electron chi connectivity index (χ0n) is 11.7. The molecule has 0 bridgehead atoms. The number of nitrogens with zero attached hydrogens (tertiary/aromatic N) is 1. The zero-order chi connectivity index (χ0) is 14.1. The summed E-state index contributed by atoms with van der Waals surface area (Å²) in [5, 5.41) is 2.61. The van der Waals surface area contributed by atoms with Crippen molar-refractivity contribution in [2.45, 2.75) is 45.1 Å². The highest BCUT2D eigenvalue weighted by Gasteiger charge is 2.24. The summed E-state index contributed by atoms with van der Waals surface area (Å²) in [6.45, 7) is 6.19. The van der Waals surface area contributed by atoms with Crippen molar-refractivity contribution in [2.75, 3.05) is 19.7 Å². The van der Waals surface area contributed by atoms with Crippen molar-refractivity contribution in [1.29, 1.82) is 0 Å². The zero-order valence-corrected chi connectivity index (χ0v) is 11.7. The third kappa shape index (κ3) is 5.32. The molecule has 0 radical (unpaired) electrons. The number of hydrogen-bond acceptors (Lipinski definition) is 3. The Morgan fingerprint density at radius 2 is 2.05 bits per heavy atom. The molecule has 0 aromatic heterocycles. The molecule has 0 atom stereocenters. The number of nitrogens with one attached hydrogen (secondary N) is 1. The van der Waals surface area contributed by atoms with E-state index in [0.717, 1.165) is 25.7 Å². The molecule has 5 nitrogen and oxygen atoms in total. The highest BCUT2D eigenvalue weighted by Crippen LogP contribution is 2.22. The van der Waals surface area contributed by atoms with Gasteiger partial charge in [0.05, 0.1) is 6.61 Å². The maximum Gasteiger partial charge on any atom is 0.325 e. The molecule has 108 valence electrons. The summed E-state index contributed by atoms with van der Waals surface area (Å²) in [7, 11) is 0. The van der Waals surface area contributed by atoms with E-state index in [9.17, 15) is 9.59 Å². The van der Waals surface area contributed by atoms with Crippen LogP contribution >= 0.6 is 0 Å². The quantitative estimate of drug-likeness (QED) is 0.592. The summed E-state index contributed by atoms with van der Waals surface area (Å²) in [5.41, 5.74) is 0. The molecule has 1 aliphatic rings. The molecule has 1 aliphatic carbocycles. The van der Waals surface area contributed by atoms with Crippen LogP contribution in [0.25, 0.3) is 0 Å². The Balaban J connectivity index is 2.47. The lowest BCUT2D eigenvalue weighted by atomic mass is 9.94. The van der Waals surface area contributed by atoms with E-state index in [-0.39, 0.29) is 18.6 Å². The second-order valence-corrected chi connectivity index (χ2v) is 4.70. The van der Waals surface area contributed by atoms with Crippen LogP contribution in [0.3, 0.4) is 0 Å². The molecule has 0 aliphatic heterocycles. The molecule has 19 heavy (non-hydrogen) atoms. The van der Waals surface area contributed by atoms with E-state index in [1.54, 1.807) is 17.9 Å². The Morgan fingerprint density at radius 1 is 1.37 bits per heavy atom. The van der Waals surface area contributed by atoms with Gasteiger partial charge < -0.3 is 15.0 Å². The Morgan fingerprint density at radius 3 is 2.63 bits per heavy atom. The third-order valence-electron chi connectivity index (χ3n) is 3.29. The van der Waals surface area contributed by atoms with Crippen LogP contribution in [0.5, 0.6) is 0 Å². The maximum absolute atomic E-state index is 12.1. The topological polar surface area (TPSA) is 58.6 Å².